The molecule has 0 saturated carbocycles. The second-order valence-corrected chi connectivity index (χ2v) is 11.5. The van der Waals surface area contributed by atoms with Gasteiger partial charge in [-0.2, -0.15) is 0 Å². The molecule has 1 aromatic carbocycles. The van der Waals surface area contributed by atoms with Gasteiger partial charge in [0, 0.05) is 56.7 Å². The minimum Gasteiger partial charge on any atom is -0.493 e. The number of rotatable bonds is 13. The van der Waals surface area contributed by atoms with Crippen LogP contribution in [0.3, 0.4) is 0 Å². The number of aliphatic hydroxyl groups excluding tert-OH is 2. The summed E-state index contributed by atoms with van der Waals surface area (Å²) in [5, 5.41) is 23.5. The highest BCUT2D eigenvalue weighted by Crippen LogP contribution is 2.37. The van der Waals surface area contributed by atoms with Crippen LogP contribution in [0.2, 0.25) is 0 Å². The van der Waals surface area contributed by atoms with Gasteiger partial charge in [-0.3, -0.25) is 19.3 Å². The minimum atomic E-state index is -1.15. The minimum absolute atomic E-state index is 0.0703. The monoisotopic (exact) mass is 673 g/mol. The molecular formula is C28H40IN3O8. The first-order valence-corrected chi connectivity index (χ1v) is 14.6. The quantitative estimate of drug-likeness (QED) is 0.209. The van der Waals surface area contributed by atoms with Crippen LogP contribution in [0.5, 0.6) is 11.5 Å². The largest absolute Gasteiger partial charge is 0.493 e. The molecule has 3 rings (SSSR count). The number of carbonyl (C=O) groups excluding carboxylic acids is 3. The van der Waals surface area contributed by atoms with Crippen LogP contribution >= 0.6 is 22.6 Å². The second kappa shape index (κ2) is 15.7. The molecule has 0 radical (unpaired) electrons. The molecule has 3 unspecified atom stereocenters. The molecule has 1 aliphatic heterocycles. The third kappa shape index (κ3) is 8.62. The lowest BCUT2D eigenvalue weighted by Gasteiger charge is -2.41. The van der Waals surface area contributed by atoms with Gasteiger partial charge in [0.15, 0.2) is 11.5 Å². The molecule has 11 nitrogen and oxygen atoms in total. The van der Waals surface area contributed by atoms with E-state index < -0.39 is 24.2 Å². The molecule has 1 saturated heterocycles. The standard InChI is InChI=1S/C28H40IN3O8/c1-18(2)12-25(35)32(6-5-31-7-10-39-11-8-31)22-15-20(28(37)30-4-9-33)16-23(26(22)36)40-27-21(29)13-19(17-34)14-24(27)38-3/h13-14,16-18,22-23,26,33,36H,4-12,15H2,1-3H3,(H,30,37). The molecule has 0 spiro atoms. The molecular weight excluding hydrogens is 633 g/mol. The van der Waals surface area contributed by atoms with Crippen LogP contribution in [-0.4, -0.2) is 116 Å². The van der Waals surface area contributed by atoms with Crippen LogP contribution in [0.1, 0.15) is 37.0 Å². The normalized spacial score (nSPS) is 21.5. The Morgan fingerprint density at radius 3 is 2.65 bits per heavy atom. The molecule has 1 fully saturated rings. The van der Waals surface area contributed by atoms with E-state index in [1.165, 1.54) is 13.2 Å². The maximum atomic E-state index is 13.5. The number of ether oxygens (including phenoxy) is 3. The molecule has 1 aromatic rings. The molecule has 2 aliphatic rings. The van der Waals surface area contributed by atoms with Crippen LogP contribution in [0, 0.1) is 9.49 Å². The summed E-state index contributed by atoms with van der Waals surface area (Å²) in [5.41, 5.74) is 0.754. The molecule has 40 heavy (non-hydrogen) atoms. The van der Waals surface area contributed by atoms with E-state index in [0.717, 1.165) is 13.1 Å². The number of aliphatic hydroxyl groups is 2. The summed E-state index contributed by atoms with van der Waals surface area (Å²) in [7, 11) is 1.45. The third-order valence-electron chi connectivity index (χ3n) is 6.92. The fourth-order valence-corrected chi connectivity index (χ4v) is 5.61. The maximum absolute atomic E-state index is 13.5. The number of morpholine rings is 1. The van der Waals surface area contributed by atoms with Crippen molar-refractivity contribution in [1.82, 2.24) is 15.1 Å². The smallest absolute Gasteiger partial charge is 0.247 e. The zero-order valence-electron chi connectivity index (χ0n) is 23.3. The topological polar surface area (TPSA) is 138 Å². The lowest BCUT2D eigenvalue weighted by atomic mass is 9.87. The maximum Gasteiger partial charge on any atom is 0.247 e. The fraction of sp³-hybridized carbons (Fsp3) is 0.607. The van der Waals surface area contributed by atoms with Crippen LogP contribution < -0.4 is 14.8 Å². The van der Waals surface area contributed by atoms with E-state index in [9.17, 15) is 24.6 Å². The second-order valence-electron chi connectivity index (χ2n) is 10.3. The van der Waals surface area contributed by atoms with Crippen LogP contribution in [0.15, 0.2) is 23.8 Å². The Hall–Kier alpha value is -2.26. The van der Waals surface area contributed by atoms with E-state index in [2.05, 4.69) is 10.2 Å². The average molecular weight is 674 g/mol. The SMILES string of the molecule is COc1cc(C=O)cc(I)c1OC1C=C(C(=O)NCCO)CC(N(CCN2CCOCC2)C(=O)CC(C)C)C1O. The Morgan fingerprint density at radius 1 is 1.30 bits per heavy atom. The van der Waals surface area contributed by atoms with Crippen molar-refractivity contribution in [3.63, 3.8) is 0 Å². The number of methoxy groups -OCH3 is 1. The van der Waals surface area contributed by atoms with Gasteiger partial charge < -0.3 is 34.6 Å². The summed E-state index contributed by atoms with van der Waals surface area (Å²) in [6.45, 7) is 7.54. The highest BCUT2D eigenvalue weighted by atomic mass is 127. The Bertz CT molecular complexity index is 1060. The molecule has 1 aliphatic carbocycles. The molecule has 0 bridgehead atoms. The molecule has 3 atom stereocenters. The van der Waals surface area contributed by atoms with E-state index >= 15 is 0 Å². The highest BCUT2D eigenvalue weighted by molar-refractivity contribution is 14.1. The van der Waals surface area contributed by atoms with Crippen molar-refractivity contribution in [3.05, 3.63) is 32.9 Å². The van der Waals surface area contributed by atoms with Gasteiger partial charge >= 0.3 is 0 Å². The third-order valence-corrected chi connectivity index (χ3v) is 7.72. The van der Waals surface area contributed by atoms with E-state index in [4.69, 9.17) is 14.2 Å². The summed E-state index contributed by atoms with van der Waals surface area (Å²) >= 11 is 2.03. The van der Waals surface area contributed by atoms with Crippen molar-refractivity contribution in [2.24, 2.45) is 5.92 Å². The Kier molecular flexibility index (Phi) is 12.6. The first-order valence-electron chi connectivity index (χ1n) is 13.5. The van der Waals surface area contributed by atoms with E-state index in [1.54, 1.807) is 17.0 Å². The average Bonchev–Trinajstić information content (AvgIpc) is 2.94. The zero-order chi connectivity index (χ0) is 29.2. The lowest BCUT2D eigenvalue weighted by Crippen LogP contribution is -2.57. The number of amides is 2. The predicted octanol–water partition coefficient (Wildman–Crippen LogP) is 1.23. The highest BCUT2D eigenvalue weighted by Gasteiger charge is 2.41. The Labute approximate surface area is 249 Å². The van der Waals surface area contributed by atoms with Crippen molar-refractivity contribution in [2.75, 3.05) is 59.7 Å². The zero-order valence-corrected chi connectivity index (χ0v) is 25.5. The van der Waals surface area contributed by atoms with Gasteiger partial charge in [0.25, 0.3) is 0 Å². The van der Waals surface area contributed by atoms with Gasteiger partial charge in [-0.15, -0.1) is 0 Å². The van der Waals surface area contributed by atoms with Gasteiger partial charge in [0.05, 0.1) is 36.5 Å². The lowest BCUT2D eigenvalue weighted by molar-refractivity contribution is -0.139. The van der Waals surface area contributed by atoms with Crippen molar-refractivity contribution in [1.29, 1.82) is 0 Å². The number of aldehydes is 1. The van der Waals surface area contributed by atoms with E-state index in [0.29, 0.717) is 65.2 Å². The van der Waals surface area contributed by atoms with Crippen LogP contribution in [-0.2, 0) is 14.3 Å². The predicted molar refractivity (Wildman–Crippen MR) is 157 cm³/mol. The molecule has 3 N–H and O–H groups in total. The summed E-state index contributed by atoms with van der Waals surface area (Å²) < 4.78 is 17.8. The van der Waals surface area contributed by atoms with E-state index in [-0.39, 0.29) is 31.4 Å². The molecule has 1 heterocycles. The summed E-state index contributed by atoms with van der Waals surface area (Å²) in [6.07, 6.45) is 0.549. The fourth-order valence-electron chi connectivity index (χ4n) is 4.85. The number of hydrogen-bond acceptors (Lipinski definition) is 9. The Morgan fingerprint density at radius 2 is 2.02 bits per heavy atom. The summed E-state index contributed by atoms with van der Waals surface area (Å²) in [4.78, 5) is 41.8. The van der Waals surface area contributed by atoms with Gasteiger partial charge in [-0.1, -0.05) is 13.8 Å². The molecule has 2 amide bonds. The van der Waals surface area contributed by atoms with Crippen LogP contribution in [0.4, 0.5) is 0 Å². The first-order chi connectivity index (χ1) is 19.2. The number of hydrogen-bond donors (Lipinski definition) is 3. The Balaban J connectivity index is 1.96. The molecule has 0 aromatic heterocycles. The van der Waals surface area contributed by atoms with Crippen molar-refractivity contribution < 1.29 is 38.8 Å². The molecule has 222 valence electrons. The molecule has 12 heteroatoms. The first kappa shape index (κ1) is 32.3. The van der Waals surface area contributed by atoms with Crippen molar-refractivity contribution in [3.8, 4) is 11.5 Å². The number of carbonyl (C=O) groups is 3. The van der Waals surface area contributed by atoms with E-state index in [1.807, 2.05) is 36.4 Å². The van der Waals surface area contributed by atoms with Gasteiger partial charge in [0.2, 0.25) is 11.8 Å². The number of nitrogens with zero attached hydrogens (tertiary/aromatic N) is 2. The number of benzene rings is 1. The summed E-state index contributed by atoms with van der Waals surface area (Å²) in [5.74, 6) is 0.227. The van der Waals surface area contributed by atoms with Crippen molar-refractivity contribution >= 4 is 40.7 Å². The van der Waals surface area contributed by atoms with Crippen molar-refractivity contribution in [2.45, 2.75) is 44.9 Å². The van der Waals surface area contributed by atoms with Gasteiger partial charge in [-0.25, -0.2) is 0 Å². The van der Waals surface area contributed by atoms with Gasteiger partial charge in [0.1, 0.15) is 18.5 Å². The van der Waals surface area contributed by atoms with Crippen LogP contribution in [0.25, 0.3) is 0 Å². The van der Waals surface area contributed by atoms with Gasteiger partial charge in [-0.05, 0) is 46.7 Å². The summed E-state index contributed by atoms with van der Waals surface area (Å²) in [6, 6.07) is 2.45. The number of halogens is 1. The number of nitrogens with one attached hydrogen (secondary N) is 1.